The van der Waals surface area contributed by atoms with Gasteiger partial charge in [0, 0.05) is 6.08 Å². The van der Waals surface area contributed by atoms with Crippen LogP contribution >= 0.6 is 34.8 Å². The summed E-state index contributed by atoms with van der Waals surface area (Å²) < 4.78 is 24.7. The number of hydrogen-bond donors (Lipinski definition) is 4. The maximum atomic E-state index is 11.8. The zero-order valence-corrected chi connectivity index (χ0v) is 19.3. The zero-order valence-electron chi connectivity index (χ0n) is 17.0. The molecule has 0 radical (unpaired) electrons. The Morgan fingerprint density at radius 3 is 2.19 bits per heavy atom. The highest BCUT2D eigenvalue weighted by molar-refractivity contribution is 6.67. The molecule has 1 aliphatic heterocycles. The van der Waals surface area contributed by atoms with Crippen molar-refractivity contribution in [1.82, 2.24) is 0 Å². The molecular weight excluding hydrogens is 495 g/mol. The van der Waals surface area contributed by atoms with Gasteiger partial charge >= 0.3 is 5.97 Å². The Bertz CT molecular complexity index is 786. The molecular formula is C19H23Cl3O10. The average Bonchev–Trinajstić information content (AvgIpc) is 2.76. The van der Waals surface area contributed by atoms with E-state index in [1.54, 1.807) is 0 Å². The summed E-state index contributed by atoms with van der Waals surface area (Å²) in [5.74, 6) is -0.475. The van der Waals surface area contributed by atoms with Crippen molar-refractivity contribution in [2.24, 2.45) is 0 Å². The molecule has 180 valence electrons. The number of esters is 1. The lowest BCUT2D eigenvalue weighted by molar-refractivity contribution is -0.277. The molecule has 10 nitrogen and oxygen atoms in total. The first kappa shape index (κ1) is 26.7. The maximum Gasteiger partial charge on any atom is 0.330 e. The van der Waals surface area contributed by atoms with Gasteiger partial charge in [0.2, 0.25) is 15.8 Å². The minimum atomic E-state index is -1.74. The molecule has 1 saturated heterocycles. The van der Waals surface area contributed by atoms with Crippen LogP contribution in [-0.2, 0) is 14.3 Å². The number of aliphatic hydroxyl groups excluding tert-OH is 4. The third kappa shape index (κ3) is 7.00. The Balaban J connectivity index is 2.24. The molecule has 0 saturated carbocycles. The van der Waals surface area contributed by atoms with E-state index in [-0.39, 0.29) is 17.2 Å². The first-order valence-electron chi connectivity index (χ1n) is 9.15. The predicted octanol–water partition coefficient (Wildman–Crippen LogP) is 0.809. The van der Waals surface area contributed by atoms with Crippen LogP contribution in [0.4, 0.5) is 0 Å². The number of carbonyl (C=O) groups is 1. The molecule has 1 heterocycles. The lowest BCUT2D eigenvalue weighted by Crippen LogP contribution is -2.60. The third-order valence-electron chi connectivity index (χ3n) is 4.36. The predicted molar refractivity (Wildman–Crippen MR) is 114 cm³/mol. The summed E-state index contributed by atoms with van der Waals surface area (Å²) >= 11 is 16.6. The number of methoxy groups -OCH3 is 2. The number of alkyl halides is 3. The number of carbonyl (C=O) groups excluding carboxylic acids is 1. The molecule has 0 bridgehead atoms. The second-order valence-corrected chi connectivity index (χ2v) is 9.14. The van der Waals surface area contributed by atoms with Crippen LogP contribution < -0.4 is 14.2 Å². The molecule has 0 unspecified atom stereocenters. The molecule has 32 heavy (non-hydrogen) atoms. The monoisotopic (exact) mass is 516 g/mol. The molecule has 4 N–H and O–H groups in total. The summed E-state index contributed by atoms with van der Waals surface area (Å²) in [5.41, 5.74) is 0.450. The molecule has 5 atom stereocenters. The Kier molecular flexibility index (Phi) is 9.68. The van der Waals surface area contributed by atoms with Gasteiger partial charge in [0.05, 0.1) is 20.8 Å². The van der Waals surface area contributed by atoms with Crippen LogP contribution in [0.5, 0.6) is 17.2 Å². The van der Waals surface area contributed by atoms with E-state index >= 15 is 0 Å². The van der Waals surface area contributed by atoms with Crippen molar-refractivity contribution in [2.45, 2.75) is 34.5 Å². The van der Waals surface area contributed by atoms with Crippen molar-refractivity contribution in [3.63, 3.8) is 0 Å². The summed E-state index contributed by atoms with van der Waals surface area (Å²) in [4.78, 5) is 11.8. The summed E-state index contributed by atoms with van der Waals surface area (Å²) in [6, 6.07) is 2.97. The molecule has 0 spiro atoms. The van der Waals surface area contributed by atoms with Gasteiger partial charge in [-0.05, 0) is 23.8 Å². The topological polar surface area (TPSA) is 144 Å². The van der Waals surface area contributed by atoms with E-state index in [0.29, 0.717) is 5.56 Å². The van der Waals surface area contributed by atoms with Gasteiger partial charge in [0.15, 0.2) is 11.5 Å². The van der Waals surface area contributed by atoms with E-state index in [9.17, 15) is 25.2 Å². The van der Waals surface area contributed by atoms with Gasteiger partial charge in [0.25, 0.3) is 0 Å². The molecule has 0 aliphatic carbocycles. The molecule has 0 amide bonds. The van der Waals surface area contributed by atoms with Crippen molar-refractivity contribution in [3.05, 3.63) is 23.8 Å². The van der Waals surface area contributed by atoms with Crippen LogP contribution in [0.2, 0.25) is 0 Å². The molecule has 1 aliphatic rings. The Morgan fingerprint density at radius 2 is 1.69 bits per heavy atom. The number of hydrogen-bond acceptors (Lipinski definition) is 10. The van der Waals surface area contributed by atoms with Crippen LogP contribution in [-0.4, -0.2) is 88.3 Å². The quantitative estimate of drug-likeness (QED) is 0.222. The summed E-state index contributed by atoms with van der Waals surface area (Å²) in [7, 11) is 2.69. The van der Waals surface area contributed by atoms with Crippen LogP contribution in [0.15, 0.2) is 18.2 Å². The lowest BCUT2D eigenvalue weighted by Gasteiger charge is -2.39. The van der Waals surface area contributed by atoms with Crippen molar-refractivity contribution in [2.75, 3.05) is 27.4 Å². The zero-order chi connectivity index (χ0) is 24.1. The first-order chi connectivity index (χ1) is 15.0. The van der Waals surface area contributed by atoms with E-state index in [0.717, 1.165) is 6.08 Å². The summed E-state index contributed by atoms with van der Waals surface area (Å²) in [6.45, 7) is -1.05. The van der Waals surface area contributed by atoms with Gasteiger partial charge in [-0.15, -0.1) is 0 Å². The highest BCUT2D eigenvalue weighted by Gasteiger charge is 2.45. The van der Waals surface area contributed by atoms with Gasteiger partial charge < -0.3 is 44.1 Å². The molecule has 1 aromatic rings. The fourth-order valence-electron chi connectivity index (χ4n) is 2.76. The van der Waals surface area contributed by atoms with E-state index < -0.39 is 53.7 Å². The minimum absolute atomic E-state index is 0.00950. The Labute approximate surface area is 198 Å². The fraction of sp³-hybridized carbons (Fsp3) is 0.526. The normalized spacial score (nSPS) is 26.1. The highest BCUT2D eigenvalue weighted by Crippen LogP contribution is 2.41. The molecule has 13 heteroatoms. The van der Waals surface area contributed by atoms with Gasteiger partial charge in [-0.2, -0.15) is 0 Å². The molecule has 1 fully saturated rings. The molecule has 0 aromatic heterocycles. The van der Waals surface area contributed by atoms with E-state index in [4.69, 9.17) is 58.5 Å². The number of ether oxygens (including phenoxy) is 5. The van der Waals surface area contributed by atoms with Crippen molar-refractivity contribution >= 4 is 46.8 Å². The van der Waals surface area contributed by atoms with Crippen LogP contribution in [0.25, 0.3) is 6.08 Å². The molecule has 2 rings (SSSR count). The second kappa shape index (κ2) is 11.6. The van der Waals surface area contributed by atoms with Gasteiger partial charge in [-0.1, -0.05) is 34.8 Å². The van der Waals surface area contributed by atoms with Gasteiger partial charge in [-0.25, -0.2) is 4.79 Å². The van der Waals surface area contributed by atoms with E-state index in [2.05, 4.69) is 0 Å². The second-order valence-electron chi connectivity index (χ2n) is 6.63. The average molecular weight is 518 g/mol. The number of rotatable bonds is 8. The van der Waals surface area contributed by atoms with Crippen molar-refractivity contribution < 1.29 is 48.9 Å². The van der Waals surface area contributed by atoms with Crippen LogP contribution in [0, 0.1) is 0 Å². The van der Waals surface area contributed by atoms with Crippen LogP contribution in [0.3, 0.4) is 0 Å². The number of aliphatic hydroxyl groups is 4. The number of halogens is 3. The standard InChI is InChI=1S/C19H23Cl3O10/c1-28-10-5-9(3-4-13(24)30-8-19(20,21)22)6-11(29-2)17(10)32-18-16(27)15(26)14(25)12(7-23)31-18/h3-6,12,14-16,18,23,25-27H,7-8H2,1-2H3/t12-,14+,15+,16-,18+/m1/s1. The minimum Gasteiger partial charge on any atom is -0.493 e. The van der Waals surface area contributed by atoms with Crippen molar-refractivity contribution in [3.8, 4) is 17.2 Å². The van der Waals surface area contributed by atoms with E-state index in [1.807, 2.05) is 0 Å². The largest absolute Gasteiger partial charge is 0.493 e. The number of benzene rings is 1. The van der Waals surface area contributed by atoms with Crippen molar-refractivity contribution in [1.29, 1.82) is 0 Å². The van der Waals surface area contributed by atoms with Gasteiger partial charge in [-0.3, -0.25) is 0 Å². The van der Waals surface area contributed by atoms with Crippen LogP contribution in [0.1, 0.15) is 5.56 Å². The fourth-order valence-corrected chi connectivity index (χ4v) is 2.92. The first-order valence-corrected chi connectivity index (χ1v) is 10.3. The van der Waals surface area contributed by atoms with E-state index in [1.165, 1.54) is 32.4 Å². The smallest absolute Gasteiger partial charge is 0.330 e. The highest BCUT2D eigenvalue weighted by atomic mass is 35.6. The lowest BCUT2D eigenvalue weighted by atomic mass is 9.99. The third-order valence-corrected chi connectivity index (χ3v) is 4.68. The summed E-state index contributed by atoms with van der Waals surface area (Å²) in [6.07, 6.45) is -4.90. The van der Waals surface area contributed by atoms with Gasteiger partial charge in [0.1, 0.15) is 31.0 Å². The summed E-state index contributed by atoms with van der Waals surface area (Å²) in [5, 5.41) is 39.4. The maximum absolute atomic E-state index is 11.8. The Morgan fingerprint density at radius 1 is 1.09 bits per heavy atom. The molecule has 1 aromatic carbocycles. The Hall–Kier alpha value is -1.50. The SMILES string of the molecule is COc1cc(C=CC(=O)OCC(Cl)(Cl)Cl)cc(OC)c1O[C@@H]1O[C@H](CO)[C@H](O)[C@H](O)[C@H]1O.